The first kappa shape index (κ1) is 17.7. The number of fused-ring (bicyclic) bond motifs is 2. The van der Waals surface area contributed by atoms with Crippen LogP contribution in [0.15, 0.2) is 47.1 Å². The van der Waals surface area contributed by atoms with Gasteiger partial charge in [0, 0.05) is 11.1 Å². The van der Waals surface area contributed by atoms with Gasteiger partial charge in [0.2, 0.25) is 0 Å². The van der Waals surface area contributed by atoms with Crippen LogP contribution in [-0.4, -0.2) is 29.4 Å². The molecule has 0 saturated heterocycles. The highest BCUT2D eigenvalue weighted by molar-refractivity contribution is 6.05. The van der Waals surface area contributed by atoms with Crippen LogP contribution in [0.3, 0.4) is 0 Å². The van der Waals surface area contributed by atoms with E-state index in [2.05, 4.69) is 15.8 Å². The van der Waals surface area contributed by atoms with E-state index in [1.54, 1.807) is 6.07 Å². The Morgan fingerprint density at radius 2 is 1.93 bits per heavy atom. The molecular weight excluding hydrogens is 362 g/mol. The Hall–Kier alpha value is -3.68. The largest absolute Gasteiger partial charge is 0.459 e. The third kappa shape index (κ3) is 3.44. The van der Waals surface area contributed by atoms with E-state index in [1.165, 1.54) is 12.3 Å². The summed E-state index contributed by atoms with van der Waals surface area (Å²) in [4.78, 5) is 41.0. The minimum absolute atomic E-state index is 0.0520. The number of furan rings is 1. The first-order chi connectivity index (χ1) is 13.6. The Labute approximate surface area is 159 Å². The van der Waals surface area contributed by atoms with Crippen molar-refractivity contribution in [3.63, 3.8) is 0 Å². The quantitative estimate of drug-likeness (QED) is 0.529. The number of para-hydroxylation sites is 1. The third-order valence-corrected chi connectivity index (χ3v) is 4.52. The predicted molar refractivity (Wildman–Crippen MR) is 98.4 cm³/mol. The van der Waals surface area contributed by atoms with Gasteiger partial charge in [-0.15, -0.1) is 0 Å². The van der Waals surface area contributed by atoms with E-state index in [-0.39, 0.29) is 5.76 Å². The monoisotopic (exact) mass is 379 g/mol. The number of hydrogen-bond acceptors (Lipinski definition) is 6. The van der Waals surface area contributed by atoms with Gasteiger partial charge in [-0.1, -0.05) is 18.2 Å². The number of hydrazine groups is 1. The second-order valence-electron chi connectivity index (χ2n) is 6.34. The lowest BCUT2D eigenvalue weighted by Crippen LogP contribution is -2.43. The van der Waals surface area contributed by atoms with E-state index >= 15 is 0 Å². The van der Waals surface area contributed by atoms with Gasteiger partial charge in [-0.05, 0) is 43.0 Å². The fourth-order valence-electron chi connectivity index (χ4n) is 3.28. The van der Waals surface area contributed by atoms with E-state index in [0.29, 0.717) is 10.9 Å². The molecule has 0 spiro atoms. The molecule has 2 N–H and O–H groups in total. The van der Waals surface area contributed by atoms with Gasteiger partial charge >= 0.3 is 11.9 Å². The average molecular weight is 379 g/mol. The Morgan fingerprint density at radius 3 is 2.75 bits per heavy atom. The van der Waals surface area contributed by atoms with Crippen molar-refractivity contribution in [2.75, 3.05) is 6.61 Å². The molecule has 0 aliphatic heterocycles. The lowest BCUT2D eigenvalue weighted by Gasteiger charge is -2.12. The lowest BCUT2D eigenvalue weighted by atomic mass is 10.0. The maximum atomic E-state index is 12.7. The topological polar surface area (TPSA) is 111 Å². The van der Waals surface area contributed by atoms with Crippen molar-refractivity contribution in [3.05, 3.63) is 65.2 Å². The highest BCUT2D eigenvalue weighted by Crippen LogP contribution is 2.30. The molecule has 2 amide bonds. The molecule has 3 aromatic rings. The van der Waals surface area contributed by atoms with Gasteiger partial charge in [0.25, 0.3) is 5.91 Å². The number of nitrogens with one attached hydrogen (secondary N) is 2. The second-order valence-corrected chi connectivity index (χ2v) is 6.34. The van der Waals surface area contributed by atoms with Crippen molar-refractivity contribution in [2.24, 2.45) is 0 Å². The number of pyridine rings is 1. The smallest absolute Gasteiger partial charge is 0.339 e. The van der Waals surface area contributed by atoms with Crippen LogP contribution in [0.25, 0.3) is 10.9 Å². The number of hydrogen-bond donors (Lipinski definition) is 2. The molecule has 8 heteroatoms. The molecule has 0 unspecified atom stereocenters. The van der Waals surface area contributed by atoms with Gasteiger partial charge in [0.15, 0.2) is 12.4 Å². The van der Waals surface area contributed by atoms with E-state index in [9.17, 15) is 14.4 Å². The molecule has 0 saturated carbocycles. The first-order valence-corrected chi connectivity index (χ1v) is 8.84. The van der Waals surface area contributed by atoms with Crippen LogP contribution in [0.1, 0.15) is 38.6 Å². The van der Waals surface area contributed by atoms with Crippen LogP contribution < -0.4 is 10.9 Å². The Morgan fingerprint density at radius 1 is 1.07 bits per heavy atom. The van der Waals surface area contributed by atoms with Crippen molar-refractivity contribution in [1.29, 1.82) is 0 Å². The van der Waals surface area contributed by atoms with Gasteiger partial charge in [-0.3, -0.25) is 25.4 Å². The molecule has 8 nitrogen and oxygen atoms in total. The van der Waals surface area contributed by atoms with E-state index in [1.807, 2.05) is 24.3 Å². The van der Waals surface area contributed by atoms with Crippen LogP contribution in [-0.2, 0) is 22.4 Å². The predicted octanol–water partition coefficient (Wildman–Crippen LogP) is 1.93. The van der Waals surface area contributed by atoms with Crippen LogP contribution >= 0.6 is 0 Å². The average Bonchev–Trinajstić information content (AvgIpc) is 3.40. The lowest BCUT2D eigenvalue weighted by molar-refractivity contribution is -0.125. The number of amides is 2. The molecule has 2 heterocycles. The number of carbonyl (C=O) groups is 3. The summed E-state index contributed by atoms with van der Waals surface area (Å²) in [6.45, 7) is -0.525. The van der Waals surface area contributed by atoms with Crippen molar-refractivity contribution in [3.8, 4) is 0 Å². The molecule has 4 rings (SSSR count). The number of esters is 1. The first-order valence-electron chi connectivity index (χ1n) is 8.84. The summed E-state index contributed by atoms with van der Waals surface area (Å²) in [5, 5.41) is 0.708. The van der Waals surface area contributed by atoms with E-state index in [0.717, 1.165) is 36.0 Å². The Balaban J connectivity index is 1.43. The molecule has 1 aromatic carbocycles. The zero-order valence-electron chi connectivity index (χ0n) is 14.9. The summed E-state index contributed by atoms with van der Waals surface area (Å²) in [6.07, 6.45) is 3.84. The van der Waals surface area contributed by atoms with Crippen molar-refractivity contribution in [1.82, 2.24) is 15.8 Å². The van der Waals surface area contributed by atoms with Crippen LogP contribution in [0.4, 0.5) is 0 Å². The SMILES string of the molecule is O=C(COC(=O)c1c2c(nc3ccccc13)CCC2)NNC(=O)c1ccco1. The molecule has 0 atom stereocenters. The van der Waals surface area contributed by atoms with Gasteiger partial charge in [-0.25, -0.2) is 4.79 Å². The van der Waals surface area contributed by atoms with Gasteiger partial charge in [-0.2, -0.15) is 0 Å². The fourth-order valence-corrected chi connectivity index (χ4v) is 3.28. The zero-order chi connectivity index (χ0) is 19.5. The molecule has 28 heavy (non-hydrogen) atoms. The van der Waals surface area contributed by atoms with Crippen LogP contribution in [0, 0.1) is 0 Å². The summed E-state index contributed by atoms with van der Waals surface area (Å²) in [7, 11) is 0. The molecule has 1 aliphatic rings. The van der Waals surface area contributed by atoms with E-state index < -0.39 is 24.4 Å². The second kappa shape index (κ2) is 7.51. The number of carbonyl (C=O) groups excluding carboxylic acids is 3. The maximum Gasteiger partial charge on any atom is 0.339 e. The fraction of sp³-hybridized carbons (Fsp3) is 0.200. The minimum atomic E-state index is -0.664. The molecule has 0 radical (unpaired) electrons. The Kier molecular flexibility index (Phi) is 4.76. The summed E-state index contributed by atoms with van der Waals surface area (Å²) in [5.74, 6) is -1.80. The number of ether oxygens (including phenoxy) is 1. The van der Waals surface area contributed by atoms with Gasteiger partial charge in [0.1, 0.15) is 0 Å². The molecule has 0 bridgehead atoms. The van der Waals surface area contributed by atoms with Gasteiger partial charge in [0.05, 0.1) is 17.3 Å². The summed E-state index contributed by atoms with van der Waals surface area (Å²) in [6, 6.07) is 10.4. The van der Waals surface area contributed by atoms with Crippen LogP contribution in [0.5, 0.6) is 0 Å². The maximum absolute atomic E-state index is 12.7. The summed E-state index contributed by atoms with van der Waals surface area (Å²) in [5.41, 5.74) is 7.34. The molecular formula is C20H17N3O5. The summed E-state index contributed by atoms with van der Waals surface area (Å²) >= 11 is 0. The Bertz CT molecular complexity index is 1060. The van der Waals surface area contributed by atoms with Crippen molar-refractivity contribution in [2.45, 2.75) is 19.3 Å². The molecule has 2 aromatic heterocycles. The molecule has 0 fully saturated rings. The normalized spacial score (nSPS) is 12.4. The van der Waals surface area contributed by atoms with E-state index in [4.69, 9.17) is 9.15 Å². The number of aryl methyl sites for hydroxylation is 1. The number of benzene rings is 1. The minimum Gasteiger partial charge on any atom is -0.459 e. The van der Waals surface area contributed by atoms with Gasteiger partial charge < -0.3 is 9.15 Å². The number of rotatable bonds is 4. The van der Waals surface area contributed by atoms with Crippen molar-refractivity contribution >= 4 is 28.7 Å². The summed E-state index contributed by atoms with van der Waals surface area (Å²) < 4.78 is 10.1. The van der Waals surface area contributed by atoms with Crippen LogP contribution in [0.2, 0.25) is 0 Å². The molecule has 1 aliphatic carbocycles. The zero-order valence-corrected chi connectivity index (χ0v) is 14.9. The highest BCUT2D eigenvalue weighted by Gasteiger charge is 2.25. The third-order valence-electron chi connectivity index (χ3n) is 4.52. The highest BCUT2D eigenvalue weighted by atomic mass is 16.5. The van der Waals surface area contributed by atoms with Crippen molar-refractivity contribution < 1.29 is 23.5 Å². The molecule has 142 valence electrons. The number of aromatic nitrogens is 1. The number of nitrogens with zero attached hydrogens (tertiary/aromatic N) is 1. The standard InChI is InChI=1S/C20H17N3O5/c24-17(22-23-19(25)16-9-4-10-27-16)11-28-20(26)18-12-5-1-2-7-14(12)21-15-8-3-6-13(15)18/h1-2,4-5,7,9-10H,3,6,8,11H2,(H,22,24)(H,23,25).